The third-order valence-corrected chi connectivity index (χ3v) is 2.78. The van der Waals surface area contributed by atoms with E-state index in [0.717, 1.165) is 3.57 Å². The molecule has 4 nitrogen and oxygen atoms in total. The molecule has 1 heterocycles. The molecule has 1 amide bonds. The van der Waals surface area contributed by atoms with Gasteiger partial charge in [-0.1, -0.05) is 0 Å². The van der Waals surface area contributed by atoms with Crippen molar-refractivity contribution in [2.45, 2.75) is 0 Å². The first-order valence-electron chi connectivity index (χ1n) is 4.72. The van der Waals surface area contributed by atoms with Crippen molar-refractivity contribution in [3.63, 3.8) is 0 Å². The number of hydrogen-bond acceptors (Lipinski definition) is 2. The van der Waals surface area contributed by atoms with Crippen LogP contribution in [0.15, 0.2) is 36.5 Å². The number of anilines is 1. The number of carbonyl (C=O) groups is 1. The fourth-order valence-electron chi connectivity index (χ4n) is 1.27. The zero-order chi connectivity index (χ0) is 11.5. The van der Waals surface area contributed by atoms with Gasteiger partial charge in [-0.2, -0.15) is 5.10 Å². The van der Waals surface area contributed by atoms with E-state index in [1.807, 2.05) is 12.1 Å². The van der Waals surface area contributed by atoms with Crippen LogP contribution in [0, 0.1) is 3.57 Å². The van der Waals surface area contributed by atoms with Gasteiger partial charge in [-0.05, 0) is 46.9 Å². The number of carbonyl (C=O) groups excluding carboxylic acids is 1. The van der Waals surface area contributed by atoms with Gasteiger partial charge < -0.3 is 5.32 Å². The van der Waals surface area contributed by atoms with Gasteiger partial charge in [-0.25, -0.2) is 0 Å². The second-order valence-electron chi connectivity index (χ2n) is 3.34. The molecule has 0 fully saturated rings. The van der Waals surface area contributed by atoms with Crippen molar-refractivity contribution in [1.29, 1.82) is 0 Å². The number of amides is 1. The van der Waals surface area contributed by atoms with Crippen LogP contribution >= 0.6 is 22.6 Å². The Morgan fingerprint density at radius 2 is 2.00 bits per heavy atom. The molecule has 0 aliphatic rings. The molecule has 0 unspecified atom stereocenters. The minimum atomic E-state index is -0.143. The lowest BCUT2D eigenvalue weighted by Gasteiger charge is -2.01. The van der Waals surface area contributed by atoms with E-state index < -0.39 is 0 Å². The Balaban J connectivity index is 2.11. The van der Waals surface area contributed by atoms with Crippen LogP contribution in [0.1, 0.15) is 10.4 Å². The summed E-state index contributed by atoms with van der Waals surface area (Å²) in [4.78, 5) is 11.8. The van der Waals surface area contributed by atoms with Gasteiger partial charge >= 0.3 is 0 Å². The Hall–Kier alpha value is -1.37. The SMILES string of the molecule is Cn1ccc(NC(=O)c2ccc(I)cc2)n1. The first-order chi connectivity index (χ1) is 7.65. The normalized spacial score (nSPS) is 10.1. The molecule has 0 bridgehead atoms. The summed E-state index contributed by atoms with van der Waals surface area (Å²) in [6, 6.07) is 9.13. The van der Waals surface area contributed by atoms with Gasteiger partial charge in [-0.3, -0.25) is 9.48 Å². The lowest BCUT2D eigenvalue weighted by Crippen LogP contribution is -2.12. The maximum atomic E-state index is 11.8. The molecule has 0 aliphatic heterocycles. The predicted octanol–water partition coefficient (Wildman–Crippen LogP) is 2.28. The number of aryl methyl sites for hydroxylation is 1. The van der Waals surface area contributed by atoms with E-state index in [0.29, 0.717) is 11.4 Å². The summed E-state index contributed by atoms with van der Waals surface area (Å²) in [5.74, 6) is 0.418. The zero-order valence-electron chi connectivity index (χ0n) is 8.64. The lowest BCUT2D eigenvalue weighted by molar-refractivity contribution is 0.102. The third kappa shape index (κ3) is 2.60. The molecule has 1 N–H and O–H groups in total. The summed E-state index contributed by atoms with van der Waals surface area (Å²) in [6.07, 6.45) is 1.78. The molecule has 0 atom stereocenters. The number of halogens is 1. The molecule has 2 rings (SSSR count). The highest BCUT2D eigenvalue weighted by molar-refractivity contribution is 14.1. The van der Waals surface area contributed by atoms with E-state index in [9.17, 15) is 4.79 Å². The summed E-state index contributed by atoms with van der Waals surface area (Å²) in [6.45, 7) is 0. The second kappa shape index (κ2) is 4.65. The van der Waals surface area contributed by atoms with Crippen LogP contribution < -0.4 is 5.32 Å². The standard InChI is InChI=1S/C11H10IN3O/c1-15-7-6-10(14-15)13-11(16)8-2-4-9(12)5-3-8/h2-7H,1H3,(H,13,14,16). The quantitative estimate of drug-likeness (QED) is 0.861. The molecular weight excluding hydrogens is 317 g/mol. The van der Waals surface area contributed by atoms with Crippen LogP contribution in [-0.4, -0.2) is 15.7 Å². The Bertz CT molecular complexity index is 504. The van der Waals surface area contributed by atoms with Gasteiger partial charge in [0, 0.05) is 28.4 Å². The largest absolute Gasteiger partial charge is 0.305 e. The van der Waals surface area contributed by atoms with E-state index in [1.54, 1.807) is 36.1 Å². The molecule has 0 saturated heterocycles. The Kier molecular flexibility index (Phi) is 3.23. The Morgan fingerprint density at radius 3 is 2.56 bits per heavy atom. The Labute approximate surface area is 107 Å². The monoisotopic (exact) mass is 327 g/mol. The molecule has 16 heavy (non-hydrogen) atoms. The molecule has 0 radical (unpaired) electrons. The van der Waals surface area contributed by atoms with Crippen LogP contribution in [0.5, 0.6) is 0 Å². The van der Waals surface area contributed by atoms with Crippen LogP contribution in [0.25, 0.3) is 0 Å². The highest BCUT2D eigenvalue weighted by Crippen LogP contribution is 2.09. The van der Waals surface area contributed by atoms with Crippen molar-refractivity contribution < 1.29 is 4.79 Å². The van der Waals surface area contributed by atoms with Crippen molar-refractivity contribution in [1.82, 2.24) is 9.78 Å². The number of aromatic nitrogens is 2. The van der Waals surface area contributed by atoms with Crippen LogP contribution in [0.2, 0.25) is 0 Å². The molecule has 5 heteroatoms. The molecular formula is C11H10IN3O. The smallest absolute Gasteiger partial charge is 0.256 e. The average Bonchev–Trinajstić information content (AvgIpc) is 2.65. The summed E-state index contributed by atoms with van der Waals surface area (Å²) in [5.41, 5.74) is 0.631. The summed E-state index contributed by atoms with van der Waals surface area (Å²) in [5, 5.41) is 6.80. The summed E-state index contributed by atoms with van der Waals surface area (Å²) in [7, 11) is 1.81. The molecule has 2 aromatic rings. The van der Waals surface area contributed by atoms with Gasteiger partial charge in [0.15, 0.2) is 5.82 Å². The first kappa shape index (κ1) is 11.1. The van der Waals surface area contributed by atoms with Crippen LogP contribution in [0.4, 0.5) is 5.82 Å². The van der Waals surface area contributed by atoms with Gasteiger partial charge in [0.1, 0.15) is 0 Å². The number of hydrogen-bond donors (Lipinski definition) is 1. The highest BCUT2D eigenvalue weighted by atomic mass is 127. The van der Waals surface area contributed by atoms with E-state index >= 15 is 0 Å². The lowest BCUT2D eigenvalue weighted by atomic mass is 10.2. The highest BCUT2D eigenvalue weighted by Gasteiger charge is 2.06. The molecule has 0 saturated carbocycles. The molecule has 82 valence electrons. The van der Waals surface area contributed by atoms with Crippen LogP contribution in [0.3, 0.4) is 0 Å². The van der Waals surface area contributed by atoms with Gasteiger partial charge in [0.2, 0.25) is 0 Å². The van der Waals surface area contributed by atoms with Crippen molar-refractivity contribution in [3.05, 3.63) is 45.7 Å². The first-order valence-corrected chi connectivity index (χ1v) is 5.79. The predicted molar refractivity (Wildman–Crippen MR) is 70.3 cm³/mol. The van der Waals surface area contributed by atoms with E-state index in [-0.39, 0.29) is 5.91 Å². The topological polar surface area (TPSA) is 46.9 Å². The van der Waals surface area contributed by atoms with Gasteiger partial charge in [-0.15, -0.1) is 0 Å². The van der Waals surface area contributed by atoms with Crippen molar-refractivity contribution >= 4 is 34.3 Å². The molecule has 1 aromatic heterocycles. The molecule has 0 spiro atoms. The fourth-order valence-corrected chi connectivity index (χ4v) is 1.63. The van der Waals surface area contributed by atoms with Gasteiger partial charge in [0.05, 0.1) is 0 Å². The van der Waals surface area contributed by atoms with Crippen molar-refractivity contribution in [2.24, 2.45) is 7.05 Å². The van der Waals surface area contributed by atoms with Crippen molar-refractivity contribution in [2.75, 3.05) is 5.32 Å². The number of nitrogens with one attached hydrogen (secondary N) is 1. The summed E-state index contributed by atoms with van der Waals surface area (Å²) >= 11 is 2.20. The minimum Gasteiger partial charge on any atom is -0.305 e. The second-order valence-corrected chi connectivity index (χ2v) is 4.58. The zero-order valence-corrected chi connectivity index (χ0v) is 10.8. The molecule has 0 aliphatic carbocycles. The number of nitrogens with zero attached hydrogens (tertiary/aromatic N) is 2. The van der Waals surface area contributed by atoms with Crippen LogP contribution in [-0.2, 0) is 7.05 Å². The maximum Gasteiger partial charge on any atom is 0.256 e. The average molecular weight is 327 g/mol. The maximum absolute atomic E-state index is 11.8. The fraction of sp³-hybridized carbons (Fsp3) is 0.0909. The minimum absolute atomic E-state index is 0.143. The summed E-state index contributed by atoms with van der Waals surface area (Å²) < 4.78 is 2.75. The third-order valence-electron chi connectivity index (χ3n) is 2.06. The van der Waals surface area contributed by atoms with Crippen molar-refractivity contribution in [3.8, 4) is 0 Å². The van der Waals surface area contributed by atoms with E-state index in [2.05, 4.69) is 33.0 Å². The Morgan fingerprint density at radius 1 is 1.31 bits per heavy atom. The van der Waals surface area contributed by atoms with Gasteiger partial charge in [0.25, 0.3) is 5.91 Å². The molecule has 1 aromatic carbocycles. The number of benzene rings is 1. The van der Waals surface area contributed by atoms with E-state index in [4.69, 9.17) is 0 Å². The van der Waals surface area contributed by atoms with E-state index in [1.165, 1.54) is 0 Å². The number of rotatable bonds is 2.